The fourth-order valence-electron chi connectivity index (χ4n) is 4.49. The molecule has 148 valence electrons. The standard InChI is InChI=1S/C23H40O2Si/c1-10-21-13-11-12-14-22(21)23(24)20(9)19(8)15-25-26(16(2)3,17(4)5)18(6)7/h11-14,16-18,20,23-24H,8,10,15H2,1-7,9H3/t20-,23+/m0/s1. The van der Waals surface area contributed by atoms with Crippen molar-refractivity contribution >= 4 is 8.32 Å². The highest BCUT2D eigenvalue weighted by Gasteiger charge is 2.45. The van der Waals surface area contributed by atoms with Crippen molar-refractivity contribution in [2.75, 3.05) is 6.61 Å². The van der Waals surface area contributed by atoms with Gasteiger partial charge >= 0.3 is 0 Å². The van der Waals surface area contributed by atoms with Crippen LogP contribution in [-0.2, 0) is 10.8 Å². The van der Waals surface area contributed by atoms with Gasteiger partial charge in [-0.15, -0.1) is 0 Å². The largest absolute Gasteiger partial charge is 0.412 e. The monoisotopic (exact) mass is 376 g/mol. The quantitative estimate of drug-likeness (QED) is 0.365. The molecule has 0 aliphatic rings. The molecule has 0 spiro atoms. The molecule has 1 N–H and O–H groups in total. The summed E-state index contributed by atoms with van der Waals surface area (Å²) in [4.78, 5) is 0. The van der Waals surface area contributed by atoms with Crippen molar-refractivity contribution in [2.24, 2.45) is 5.92 Å². The van der Waals surface area contributed by atoms with Crippen molar-refractivity contribution < 1.29 is 9.53 Å². The molecule has 2 nitrogen and oxygen atoms in total. The summed E-state index contributed by atoms with van der Waals surface area (Å²) in [5.41, 5.74) is 4.87. The SMILES string of the molecule is C=C(CO[Si](C(C)C)(C(C)C)C(C)C)[C@H](C)[C@@H](O)c1ccccc1CC. The van der Waals surface area contributed by atoms with Crippen LogP contribution in [-0.4, -0.2) is 20.0 Å². The third-order valence-corrected chi connectivity index (χ3v) is 12.1. The fraction of sp³-hybridized carbons (Fsp3) is 0.652. The van der Waals surface area contributed by atoms with E-state index in [4.69, 9.17) is 4.43 Å². The summed E-state index contributed by atoms with van der Waals surface area (Å²) >= 11 is 0. The molecule has 3 heteroatoms. The van der Waals surface area contributed by atoms with E-state index in [2.05, 4.69) is 68.0 Å². The number of aliphatic hydroxyl groups excluding tert-OH is 1. The maximum absolute atomic E-state index is 10.9. The molecule has 1 aromatic rings. The van der Waals surface area contributed by atoms with Crippen LogP contribution in [0.4, 0.5) is 0 Å². The zero-order valence-electron chi connectivity index (χ0n) is 18.2. The molecule has 0 saturated carbocycles. The van der Waals surface area contributed by atoms with Gasteiger partial charge in [-0.05, 0) is 39.7 Å². The van der Waals surface area contributed by atoms with Gasteiger partial charge < -0.3 is 9.53 Å². The van der Waals surface area contributed by atoms with Gasteiger partial charge in [-0.1, -0.05) is 86.2 Å². The van der Waals surface area contributed by atoms with Gasteiger partial charge in [0.2, 0.25) is 8.32 Å². The molecular formula is C23H40O2Si. The fourth-order valence-corrected chi connectivity index (χ4v) is 9.92. The first-order valence-electron chi connectivity index (χ1n) is 10.2. The second kappa shape index (κ2) is 9.87. The van der Waals surface area contributed by atoms with Gasteiger partial charge in [-0.25, -0.2) is 0 Å². The predicted octanol–water partition coefficient (Wildman–Crippen LogP) is 6.67. The Hall–Kier alpha value is -0.903. The molecule has 1 aromatic carbocycles. The first kappa shape index (κ1) is 23.1. The van der Waals surface area contributed by atoms with Crippen LogP contribution in [0.5, 0.6) is 0 Å². The van der Waals surface area contributed by atoms with E-state index in [1.54, 1.807) is 0 Å². The van der Waals surface area contributed by atoms with Crippen LogP contribution >= 0.6 is 0 Å². The number of hydrogen-bond acceptors (Lipinski definition) is 2. The van der Waals surface area contributed by atoms with E-state index in [0.29, 0.717) is 23.2 Å². The van der Waals surface area contributed by atoms with Crippen LogP contribution in [0.3, 0.4) is 0 Å². The average Bonchev–Trinajstić information content (AvgIpc) is 2.59. The Morgan fingerprint density at radius 1 is 1.00 bits per heavy atom. The Labute approximate surface area is 162 Å². The van der Waals surface area contributed by atoms with Crippen molar-refractivity contribution in [2.45, 2.75) is 84.5 Å². The summed E-state index contributed by atoms with van der Waals surface area (Å²) in [7, 11) is -1.91. The van der Waals surface area contributed by atoms with Gasteiger partial charge in [0.15, 0.2) is 0 Å². The molecule has 0 aliphatic carbocycles. The lowest BCUT2D eigenvalue weighted by molar-refractivity contribution is 0.126. The van der Waals surface area contributed by atoms with Gasteiger partial charge in [-0.2, -0.15) is 0 Å². The smallest absolute Gasteiger partial charge is 0.200 e. The van der Waals surface area contributed by atoms with Gasteiger partial charge in [0.1, 0.15) is 0 Å². The normalized spacial score (nSPS) is 14.9. The van der Waals surface area contributed by atoms with E-state index in [9.17, 15) is 5.11 Å². The summed E-state index contributed by atoms with van der Waals surface area (Å²) in [5, 5.41) is 10.9. The second-order valence-corrected chi connectivity index (χ2v) is 14.0. The Bertz CT molecular complexity index is 556. The summed E-state index contributed by atoms with van der Waals surface area (Å²) in [6.07, 6.45) is 0.392. The van der Waals surface area contributed by atoms with Crippen LogP contribution in [0.15, 0.2) is 36.4 Å². The van der Waals surface area contributed by atoms with Gasteiger partial charge in [0.05, 0.1) is 12.7 Å². The predicted molar refractivity (Wildman–Crippen MR) is 116 cm³/mol. The third-order valence-electron chi connectivity index (χ3n) is 6.09. The van der Waals surface area contributed by atoms with Crippen molar-refractivity contribution in [3.05, 3.63) is 47.5 Å². The molecule has 0 aliphatic heterocycles. The van der Waals surface area contributed by atoms with E-state index in [1.165, 1.54) is 5.56 Å². The van der Waals surface area contributed by atoms with Crippen molar-refractivity contribution in [3.63, 3.8) is 0 Å². The molecule has 2 atom stereocenters. The zero-order chi connectivity index (χ0) is 20.1. The van der Waals surface area contributed by atoms with Crippen molar-refractivity contribution in [1.29, 1.82) is 0 Å². The molecule has 1 rings (SSSR count). The zero-order valence-corrected chi connectivity index (χ0v) is 19.2. The molecule has 0 aromatic heterocycles. The average molecular weight is 377 g/mol. The van der Waals surface area contributed by atoms with E-state index in [-0.39, 0.29) is 5.92 Å². The van der Waals surface area contributed by atoms with Crippen LogP contribution < -0.4 is 0 Å². The molecule has 0 bridgehead atoms. The molecule has 0 saturated heterocycles. The highest BCUT2D eigenvalue weighted by atomic mass is 28.4. The number of benzene rings is 1. The van der Waals surface area contributed by atoms with Crippen LogP contribution in [0.2, 0.25) is 16.6 Å². The number of rotatable bonds is 10. The Morgan fingerprint density at radius 2 is 1.50 bits per heavy atom. The first-order valence-corrected chi connectivity index (χ1v) is 12.3. The maximum atomic E-state index is 10.9. The lowest BCUT2D eigenvalue weighted by Gasteiger charge is -2.42. The number of hydrogen-bond donors (Lipinski definition) is 1. The lowest BCUT2D eigenvalue weighted by Crippen LogP contribution is -2.48. The molecule has 0 amide bonds. The molecule has 0 radical (unpaired) electrons. The Kier molecular flexibility index (Phi) is 8.78. The van der Waals surface area contributed by atoms with E-state index >= 15 is 0 Å². The Balaban J connectivity index is 2.92. The molecule has 0 fully saturated rings. The van der Waals surface area contributed by atoms with Crippen LogP contribution in [0.1, 0.15) is 72.6 Å². The summed E-state index contributed by atoms with van der Waals surface area (Å²) < 4.78 is 6.67. The van der Waals surface area contributed by atoms with E-state index < -0.39 is 14.4 Å². The molecular weight excluding hydrogens is 336 g/mol. The third kappa shape index (κ3) is 4.88. The van der Waals surface area contributed by atoms with Gasteiger partial charge in [-0.3, -0.25) is 0 Å². The topological polar surface area (TPSA) is 29.5 Å². The molecule has 0 heterocycles. The second-order valence-electron chi connectivity index (χ2n) is 8.55. The molecule has 26 heavy (non-hydrogen) atoms. The summed E-state index contributed by atoms with van der Waals surface area (Å²) in [5.74, 6) is -0.0270. The minimum Gasteiger partial charge on any atom is -0.412 e. The van der Waals surface area contributed by atoms with Crippen molar-refractivity contribution in [3.8, 4) is 0 Å². The maximum Gasteiger partial charge on any atom is 0.200 e. The first-order chi connectivity index (χ1) is 12.1. The lowest BCUT2D eigenvalue weighted by atomic mass is 9.88. The van der Waals surface area contributed by atoms with E-state index in [0.717, 1.165) is 17.6 Å². The number of aryl methyl sites for hydroxylation is 1. The summed E-state index contributed by atoms with van der Waals surface area (Å²) in [6, 6.07) is 8.16. The minimum absolute atomic E-state index is 0.0270. The van der Waals surface area contributed by atoms with Crippen molar-refractivity contribution in [1.82, 2.24) is 0 Å². The minimum atomic E-state index is -1.91. The van der Waals surface area contributed by atoms with Gasteiger partial charge in [0, 0.05) is 5.92 Å². The van der Waals surface area contributed by atoms with E-state index in [1.807, 2.05) is 18.2 Å². The summed E-state index contributed by atoms with van der Waals surface area (Å²) in [6.45, 7) is 22.8. The Morgan fingerprint density at radius 3 is 1.96 bits per heavy atom. The van der Waals surface area contributed by atoms with Gasteiger partial charge in [0.25, 0.3) is 0 Å². The number of aliphatic hydroxyl groups is 1. The van der Waals surface area contributed by atoms with Crippen LogP contribution in [0.25, 0.3) is 0 Å². The van der Waals surface area contributed by atoms with Crippen LogP contribution in [0, 0.1) is 5.92 Å². The molecule has 0 unspecified atom stereocenters. The highest BCUT2D eigenvalue weighted by Crippen LogP contribution is 2.43. The highest BCUT2D eigenvalue weighted by molar-refractivity contribution is 6.77.